The first-order chi connectivity index (χ1) is 8.52. The van der Waals surface area contributed by atoms with Crippen LogP contribution in [0.3, 0.4) is 0 Å². The number of carboxylic acids is 1. The fraction of sp³-hybridized carbons (Fsp3) is 0.500. The summed E-state index contributed by atoms with van der Waals surface area (Å²) in [7, 11) is 1.96. The van der Waals surface area contributed by atoms with Crippen molar-refractivity contribution in [2.75, 3.05) is 13.6 Å². The first-order valence-electron chi connectivity index (χ1n) is 6.24. The van der Waals surface area contributed by atoms with Gasteiger partial charge in [0.2, 0.25) is 0 Å². The Kier molecular flexibility index (Phi) is 5.78. The molecule has 0 aliphatic carbocycles. The zero-order valence-corrected chi connectivity index (χ0v) is 10.9. The molecule has 4 heteroatoms. The van der Waals surface area contributed by atoms with Crippen molar-refractivity contribution in [2.45, 2.75) is 32.7 Å². The molecule has 0 bridgehead atoms. The number of benzene rings is 1. The molecule has 0 heterocycles. The van der Waals surface area contributed by atoms with Crippen molar-refractivity contribution >= 4 is 5.97 Å². The van der Waals surface area contributed by atoms with Crippen LogP contribution in [0, 0.1) is 5.82 Å². The fourth-order valence-corrected chi connectivity index (χ4v) is 1.89. The van der Waals surface area contributed by atoms with Crippen LogP contribution in [0.5, 0.6) is 0 Å². The van der Waals surface area contributed by atoms with Gasteiger partial charge in [-0.1, -0.05) is 19.8 Å². The summed E-state index contributed by atoms with van der Waals surface area (Å²) in [6.07, 6.45) is 3.44. The molecule has 0 aliphatic rings. The molecule has 0 saturated carbocycles. The first kappa shape index (κ1) is 14.6. The maximum atomic E-state index is 13.3. The van der Waals surface area contributed by atoms with Gasteiger partial charge < -0.3 is 10.0 Å². The summed E-state index contributed by atoms with van der Waals surface area (Å²) in [5.41, 5.74) is 0.707. The highest BCUT2D eigenvalue weighted by atomic mass is 19.1. The Morgan fingerprint density at radius 1 is 1.33 bits per heavy atom. The Bertz CT molecular complexity index is 407. The van der Waals surface area contributed by atoms with Gasteiger partial charge in [-0.25, -0.2) is 9.18 Å². The number of hydrogen-bond acceptors (Lipinski definition) is 2. The van der Waals surface area contributed by atoms with Crippen molar-refractivity contribution in [3.05, 3.63) is 35.1 Å². The molecular formula is C14H20FNO2. The largest absolute Gasteiger partial charge is 0.478 e. The molecule has 0 unspecified atom stereocenters. The van der Waals surface area contributed by atoms with Gasteiger partial charge in [-0.05, 0) is 43.8 Å². The third kappa shape index (κ3) is 4.84. The number of nitrogens with zero attached hydrogens (tertiary/aromatic N) is 1. The average Bonchev–Trinajstić information content (AvgIpc) is 2.28. The zero-order valence-electron chi connectivity index (χ0n) is 10.9. The number of unbranched alkanes of at least 4 members (excludes halogenated alkanes) is 2. The van der Waals surface area contributed by atoms with E-state index in [0.29, 0.717) is 12.1 Å². The quantitative estimate of drug-likeness (QED) is 0.759. The van der Waals surface area contributed by atoms with E-state index in [1.807, 2.05) is 7.05 Å². The Balaban J connectivity index is 2.63. The number of carboxylic acid groups (broad SMARTS) is 1. The van der Waals surface area contributed by atoms with Gasteiger partial charge in [-0.3, -0.25) is 0 Å². The average molecular weight is 253 g/mol. The van der Waals surface area contributed by atoms with E-state index < -0.39 is 11.8 Å². The summed E-state index contributed by atoms with van der Waals surface area (Å²) in [5, 5.41) is 8.86. The Hall–Kier alpha value is -1.42. The Morgan fingerprint density at radius 3 is 2.67 bits per heavy atom. The van der Waals surface area contributed by atoms with E-state index in [0.717, 1.165) is 25.5 Å². The molecule has 1 aromatic rings. The summed E-state index contributed by atoms with van der Waals surface area (Å²) in [5.74, 6) is -1.59. The second kappa shape index (κ2) is 7.11. The van der Waals surface area contributed by atoms with E-state index >= 15 is 0 Å². The van der Waals surface area contributed by atoms with E-state index in [1.165, 1.54) is 18.6 Å². The van der Waals surface area contributed by atoms with E-state index in [1.54, 1.807) is 0 Å². The van der Waals surface area contributed by atoms with Crippen LogP contribution in [-0.2, 0) is 6.54 Å². The van der Waals surface area contributed by atoms with Crippen molar-refractivity contribution in [1.29, 1.82) is 0 Å². The van der Waals surface area contributed by atoms with Gasteiger partial charge >= 0.3 is 5.97 Å². The van der Waals surface area contributed by atoms with Crippen molar-refractivity contribution in [1.82, 2.24) is 4.90 Å². The topological polar surface area (TPSA) is 40.5 Å². The third-order valence-corrected chi connectivity index (χ3v) is 2.80. The maximum absolute atomic E-state index is 13.3. The van der Waals surface area contributed by atoms with Crippen molar-refractivity contribution in [2.24, 2.45) is 0 Å². The van der Waals surface area contributed by atoms with Crippen LogP contribution in [0.25, 0.3) is 0 Å². The number of rotatable bonds is 7. The molecule has 0 amide bonds. The smallest absolute Gasteiger partial charge is 0.335 e. The molecule has 100 valence electrons. The van der Waals surface area contributed by atoms with E-state index in [-0.39, 0.29) is 5.56 Å². The number of halogens is 1. The van der Waals surface area contributed by atoms with Crippen LogP contribution in [0.1, 0.15) is 42.1 Å². The van der Waals surface area contributed by atoms with Crippen molar-refractivity contribution < 1.29 is 14.3 Å². The number of hydrogen-bond donors (Lipinski definition) is 1. The van der Waals surface area contributed by atoms with Gasteiger partial charge in [0.15, 0.2) is 0 Å². The lowest BCUT2D eigenvalue weighted by molar-refractivity contribution is 0.0696. The SMILES string of the molecule is CCCCCN(C)Cc1cc(F)cc(C(=O)O)c1. The molecule has 3 nitrogen and oxygen atoms in total. The highest BCUT2D eigenvalue weighted by Crippen LogP contribution is 2.12. The summed E-state index contributed by atoms with van der Waals surface area (Å²) >= 11 is 0. The molecular weight excluding hydrogens is 233 g/mol. The van der Waals surface area contributed by atoms with Gasteiger partial charge in [0.1, 0.15) is 5.82 Å². The number of carbonyl (C=O) groups is 1. The van der Waals surface area contributed by atoms with Gasteiger partial charge in [-0.15, -0.1) is 0 Å². The van der Waals surface area contributed by atoms with Crippen LogP contribution < -0.4 is 0 Å². The van der Waals surface area contributed by atoms with Gasteiger partial charge in [-0.2, -0.15) is 0 Å². The number of aromatic carboxylic acids is 1. The van der Waals surface area contributed by atoms with E-state index in [9.17, 15) is 9.18 Å². The minimum absolute atomic E-state index is 0.00644. The van der Waals surface area contributed by atoms with Crippen LogP contribution in [0.2, 0.25) is 0 Å². The first-order valence-corrected chi connectivity index (χ1v) is 6.24. The summed E-state index contributed by atoms with van der Waals surface area (Å²) in [6, 6.07) is 3.97. The Labute approximate surface area is 107 Å². The molecule has 0 radical (unpaired) electrons. The molecule has 18 heavy (non-hydrogen) atoms. The molecule has 0 aromatic heterocycles. The molecule has 1 rings (SSSR count). The van der Waals surface area contributed by atoms with E-state index in [4.69, 9.17) is 5.11 Å². The van der Waals surface area contributed by atoms with Crippen molar-refractivity contribution in [3.8, 4) is 0 Å². The van der Waals surface area contributed by atoms with Crippen LogP contribution >= 0.6 is 0 Å². The van der Waals surface area contributed by atoms with Crippen LogP contribution in [0.4, 0.5) is 4.39 Å². The molecule has 0 fully saturated rings. The fourth-order valence-electron chi connectivity index (χ4n) is 1.89. The highest BCUT2D eigenvalue weighted by molar-refractivity contribution is 5.87. The second-order valence-corrected chi connectivity index (χ2v) is 4.60. The molecule has 0 atom stereocenters. The minimum Gasteiger partial charge on any atom is -0.478 e. The summed E-state index contributed by atoms with van der Waals surface area (Å²) in [4.78, 5) is 12.9. The third-order valence-electron chi connectivity index (χ3n) is 2.80. The molecule has 1 aromatic carbocycles. The van der Waals surface area contributed by atoms with Crippen molar-refractivity contribution in [3.63, 3.8) is 0 Å². The summed E-state index contributed by atoms with van der Waals surface area (Å²) < 4.78 is 13.3. The lowest BCUT2D eigenvalue weighted by Crippen LogP contribution is -2.19. The maximum Gasteiger partial charge on any atom is 0.335 e. The van der Waals surface area contributed by atoms with Gasteiger partial charge in [0.25, 0.3) is 0 Å². The standard InChI is InChI=1S/C14H20FNO2/c1-3-4-5-6-16(2)10-11-7-12(14(17)18)9-13(15)8-11/h7-9H,3-6,10H2,1-2H3,(H,17,18). The monoisotopic (exact) mass is 253 g/mol. The van der Waals surface area contributed by atoms with Gasteiger partial charge in [0, 0.05) is 6.54 Å². The van der Waals surface area contributed by atoms with E-state index in [2.05, 4.69) is 11.8 Å². The normalized spacial score (nSPS) is 10.9. The summed E-state index contributed by atoms with van der Waals surface area (Å²) in [6.45, 7) is 3.65. The Morgan fingerprint density at radius 2 is 2.06 bits per heavy atom. The second-order valence-electron chi connectivity index (χ2n) is 4.60. The minimum atomic E-state index is -1.09. The van der Waals surface area contributed by atoms with Crippen LogP contribution in [0.15, 0.2) is 18.2 Å². The zero-order chi connectivity index (χ0) is 13.5. The lowest BCUT2D eigenvalue weighted by atomic mass is 10.1. The predicted octanol–water partition coefficient (Wildman–Crippen LogP) is 3.15. The highest BCUT2D eigenvalue weighted by Gasteiger charge is 2.08. The van der Waals surface area contributed by atoms with Crippen LogP contribution in [-0.4, -0.2) is 29.6 Å². The lowest BCUT2D eigenvalue weighted by Gasteiger charge is -2.16. The predicted molar refractivity (Wildman–Crippen MR) is 69.2 cm³/mol. The molecule has 0 spiro atoms. The molecule has 1 N–H and O–H groups in total. The molecule has 0 saturated heterocycles. The molecule has 0 aliphatic heterocycles. The van der Waals surface area contributed by atoms with Gasteiger partial charge in [0.05, 0.1) is 5.56 Å².